The molecule has 0 unspecified atom stereocenters. The molecule has 0 saturated heterocycles. The Morgan fingerprint density at radius 1 is 0.556 bits per heavy atom. The van der Waals surface area contributed by atoms with Crippen molar-refractivity contribution in [2.24, 2.45) is 0 Å². The average molecular weight is 437 g/mol. The van der Waals surface area contributed by atoms with Gasteiger partial charge in [0.1, 0.15) is 0 Å². The lowest BCUT2D eigenvalue weighted by molar-refractivity contribution is 0.936. The van der Waals surface area contributed by atoms with Gasteiger partial charge in [0, 0.05) is 32.3 Å². The summed E-state index contributed by atoms with van der Waals surface area (Å²) in [4.78, 5) is 0. The van der Waals surface area contributed by atoms with Crippen LogP contribution < -0.4 is 0 Å². The molecule has 0 bridgehead atoms. The number of hydrogen-bond acceptors (Lipinski definition) is 0. The van der Waals surface area contributed by atoms with Crippen molar-refractivity contribution in [1.82, 2.24) is 0 Å². The molecule has 0 fully saturated rings. The molecule has 0 aromatic heterocycles. The van der Waals surface area contributed by atoms with E-state index in [9.17, 15) is 0 Å². The molecule has 0 heterocycles. The van der Waals surface area contributed by atoms with Crippen LogP contribution in [0.5, 0.6) is 0 Å². The second kappa shape index (κ2) is 8.45. The lowest BCUT2D eigenvalue weighted by Crippen LogP contribution is -2.45. The van der Waals surface area contributed by atoms with Crippen molar-refractivity contribution < 1.29 is 0 Å². The van der Waals surface area contributed by atoms with Crippen LogP contribution in [0.2, 0.25) is 88.9 Å². The molecule has 0 amide bonds. The van der Waals surface area contributed by atoms with Crippen molar-refractivity contribution in [1.29, 1.82) is 0 Å². The SMILES string of the molecule is Cc1c(CC([Si](C)(C)C)[Si](C)(C)C)cccc1CC([Si](C)(C)C)[Si](C)(C)C. The highest BCUT2D eigenvalue weighted by Gasteiger charge is 2.39. The van der Waals surface area contributed by atoms with E-state index in [0.29, 0.717) is 0 Å². The summed E-state index contributed by atoms with van der Waals surface area (Å²) in [6, 6.07) is 7.23. The fourth-order valence-corrected chi connectivity index (χ4v) is 29.6. The molecule has 27 heavy (non-hydrogen) atoms. The smallest absolute Gasteiger partial charge is 0.0450 e. The first-order chi connectivity index (χ1) is 11.8. The average Bonchev–Trinajstić information content (AvgIpc) is 2.39. The molecular weight excluding hydrogens is 389 g/mol. The lowest BCUT2D eigenvalue weighted by atomic mass is 9.99. The van der Waals surface area contributed by atoms with E-state index in [-0.39, 0.29) is 0 Å². The van der Waals surface area contributed by atoms with Gasteiger partial charge < -0.3 is 0 Å². The second-order valence-electron chi connectivity index (χ2n) is 13.2. The summed E-state index contributed by atoms with van der Waals surface area (Å²) >= 11 is 0. The first-order valence-electron chi connectivity index (χ1n) is 10.9. The topological polar surface area (TPSA) is 0 Å². The Hall–Kier alpha value is 0.0875. The van der Waals surface area contributed by atoms with Crippen molar-refractivity contribution in [3.63, 3.8) is 0 Å². The molecule has 0 radical (unpaired) electrons. The van der Waals surface area contributed by atoms with Crippen LogP contribution >= 0.6 is 0 Å². The highest BCUT2D eigenvalue weighted by molar-refractivity contribution is 6.97. The van der Waals surface area contributed by atoms with Gasteiger partial charge in [-0.25, -0.2) is 0 Å². The largest absolute Gasteiger partial charge is 0.0695 e. The van der Waals surface area contributed by atoms with Gasteiger partial charge in [0.2, 0.25) is 0 Å². The fourth-order valence-electron chi connectivity index (χ4n) is 5.44. The Balaban J connectivity index is 3.27. The van der Waals surface area contributed by atoms with Gasteiger partial charge in [-0.15, -0.1) is 0 Å². The molecule has 0 aliphatic rings. The lowest BCUT2D eigenvalue weighted by Gasteiger charge is -2.40. The first-order valence-corrected chi connectivity index (χ1v) is 25.2. The number of benzene rings is 1. The molecule has 0 atom stereocenters. The van der Waals surface area contributed by atoms with Crippen molar-refractivity contribution in [3.8, 4) is 0 Å². The quantitative estimate of drug-likeness (QED) is 0.360. The molecule has 156 valence electrons. The molecule has 1 aromatic carbocycles. The minimum atomic E-state index is -1.16. The summed E-state index contributed by atoms with van der Waals surface area (Å²) in [5, 5.41) is 1.90. The van der Waals surface area contributed by atoms with E-state index < -0.39 is 32.3 Å². The van der Waals surface area contributed by atoms with E-state index in [2.05, 4.69) is 104 Å². The zero-order chi connectivity index (χ0) is 21.4. The van der Waals surface area contributed by atoms with Crippen LogP contribution in [0, 0.1) is 6.92 Å². The van der Waals surface area contributed by atoms with Crippen LogP contribution in [0.4, 0.5) is 0 Å². The third-order valence-electron chi connectivity index (χ3n) is 6.59. The third-order valence-corrected chi connectivity index (χ3v) is 26.2. The summed E-state index contributed by atoms with van der Waals surface area (Å²) in [7, 11) is -4.65. The Morgan fingerprint density at radius 2 is 0.815 bits per heavy atom. The van der Waals surface area contributed by atoms with Gasteiger partial charge >= 0.3 is 0 Å². The summed E-state index contributed by atoms with van der Waals surface area (Å²) in [6.45, 7) is 33.4. The minimum absolute atomic E-state index is 0.948. The van der Waals surface area contributed by atoms with Crippen molar-refractivity contribution in [2.45, 2.75) is 109 Å². The summed E-state index contributed by atoms with van der Waals surface area (Å²) < 4.78 is 0. The summed E-state index contributed by atoms with van der Waals surface area (Å²) in [6.07, 6.45) is 2.63. The fraction of sp³-hybridized carbons (Fsp3) is 0.739. The van der Waals surface area contributed by atoms with Gasteiger partial charge in [0.25, 0.3) is 0 Å². The van der Waals surface area contributed by atoms with Gasteiger partial charge in [-0.05, 0) is 46.8 Å². The van der Waals surface area contributed by atoms with Crippen LogP contribution in [-0.2, 0) is 12.8 Å². The first kappa shape index (κ1) is 25.1. The van der Waals surface area contributed by atoms with E-state index in [4.69, 9.17) is 0 Å². The predicted molar refractivity (Wildman–Crippen MR) is 139 cm³/mol. The highest BCUT2D eigenvalue weighted by Crippen LogP contribution is 2.39. The second-order valence-corrected chi connectivity index (χ2v) is 36.0. The van der Waals surface area contributed by atoms with Crippen molar-refractivity contribution in [3.05, 3.63) is 34.9 Å². The van der Waals surface area contributed by atoms with E-state index >= 15 is 0 Å². The van der Waals surface area contributed by atoms with Crippen LogP contribution in [-0.4, -0.2) is 32.3 Å². The summed E-state index contributed by atoms with van der Waals surface area (Å²) in [5.74, 6) is 0. The Labute approximate surface area is 175 Å². The molecule has 1 aromatic rings. The highest BCUT2D eigenvalue weighted by atomic mass is 28.4. The van der Waals surface area contributed by atoms with E-state index in [1.165, 1.54) is 12.8 Å². The molecule has 0 N–H and O–H groups in total. The van der Waals surface area contributed by atoms with E-state index in [0.717, 1.165) is 10.3 Å². The summed E-state index contributed by atoms with van der Waals surface area (Å²) in [5.41, 5.74) is 4.90. The molecule has 0 spiro atoms. The van der Waals surface area contributed by atoms with Gasteiger partial charge in [-0.1, -0.05) is 96.8 Å². The molecule has 4 heteroatoms. The van der Waals surface area contributed by atoms with E-state index in [1.807, 2.05) is 0 Å². The molecule has 0 saturated carbocycles. The number of rotatable bonds is 8. The minimum Gasteiger partial charge on any atom is -0.0695 e. The predicted octanol–water partition coefficient (Wildman–Crippen LogP) is 8.25. The molecule has 0 nitrogen and oxygen atoms in total. The zero-order valence-electron chi connectivity index (χ0n) is 20.8. The van der Waals surface area contributed by atoms with Gasteiger partial charge in [-0.3, -0.25) is 0 Å². The van der Waals surface area contributed by atoms with Crippen LogP contribution in [0.15, 0.2) is 18.2 Å². The maximum absolute atomic E-state index is 2.58. The van der Waals surface area contributed by atoms with Crippen LogP contribution in [0.25, 0.3) is 0 Å². The van der Waals surface area contributed by atoms with Crippen molar-refractivity contribution >= 4 is 32.3 Å². The maximum atomic E-state index is 2.58. The maximum Gasteiger partial charge on any atom is 0.0450 e. The van der Waals surface area contributed by atoms with Gasteiger partial charge in [-0.2, -0.15) is 0 Å². The molecule has 0 aliphatic heterocycles. The Morgan fingerprint density at radius 3 is 1.04 bits per heavy atom. The van der Waals surface area contributed by atoms with Gasteiger partial charge in [0.15, 0.2) is 0 Å². The van der Waals surface area contributed by atoms with Crippen LogP contribution in [0.1, 0.15) is 16.7 Å². The monoisotopic (exact) mass is 436 g/mol. The Kier molecular flexibility index (Phi) is 7.86. The van der Waals surface area contributed by atoms with E-state index in [1.54, 1.807) is 16.7 Å². The van der Waals surface area contributed by atoms with Crippen LogP contribution in [0.3, 0.4) is 0 Å². The normalized spacial score (nSPS) is 14.3. The standard InChI is InChI=1S/C23H48Si4/c1-19-20(17-22(24(2,3)4)25(5,6)7)15-14-16-21(19)18-23(26(8,9)10)27(11,12)13/h14-16,22-23H,17-18H2,1-13H3. The zero-order valence-corrected chi connectivity index (χ0v) is 24.8. The third kappa shape index (κ3) is 7.13. The Bertz CT molecular complexity index is 541. The van der Waals surface area contributed by atoms with Crippen molar-refractivity contribution in [2.75, 3.05) is 0 Å². The molecule has 0 aliphatic carbocycles. The molecule has 1 rings (SSSR count). The van der Waals surface area contributed by atoms with Gasteiger partial charge in [0.05, 0.1) is 0 Å². The number of hydrogen-bond donors (Lipinski definition) is 0. The molecular formula is C23H48Si4.